The van der Waals surface area contributed by atoms with E-state index in [1.54, 1.807) is 12.4 Å². The lowest BCUT2D eigenvalue weighted by Crippen LogP contribution is -2.28. The molecule has 0 fully saturated rings. The summed E-state index contributed by atoms with van der Waals surface area (Å²) < 4.78 is 4.79. The van der Waals surface area contributed by atoms with E-state index in [0.29, 0.717) is 19.4 Å². The normalized spacial score (nSPS) is 10.0. The molecule has 0 bridgehead atoms. The number of pyridine rings is 1. The first-order chi connectivity index (χ1) is 8.68. The van der Waals surface area contributed by atoms with Crippen LogP contribution >= 0.6 is 0 Å². The maximum Gasteiger partial charge on any atom is 0.329 e. The first-order valence-corrected chi connectivity index (χ1v) is 5.63. The van der Waals surface area contributed by atoms with Gasteiger partial charge in [0.1, 0.15) is 6.61 Å². The predicted octanol–water partition coefficient (Wildman–Crippen LogP) is 0.232. The Hall–Kier alpha value is -1.95. The number of nitrogens with zero attached hydrogens (tertiary/aromatic N) is 1. The molecule has 0 spiro atoms. The van der Waals surface area contributed by atoms with E-state index in [9.17, 15) is 9.59 Å². The number of aryl methyl sites for hydroxylation is 1. The van der Waals surface area contributed by atoms with Crippen molar-refractivity contribution in [2.75, 3.05) is 19.8 Å². The standard InChI is InChI=1S/C12H16N2O4/c15-11(14-7-8-18-9-12(16)17)2-1-10-3-5-13-6-4-10/h3-6H,1-2,7-9H2,(H,14,15)(H,16,17). The summed E-state index contributed by atoms with van der Waals surface area (Å²) in [5.74, 6) is -1.09. The smallest absolute Gasteiger partial charge is 0.329 e. The molecule has 0 aromatic carbocycles. The summed E-state index contributed by atoms with van der Waals surface area (Å²) >= 11 is 0. The van der Waals surface area contributed by atoms with E-state index in [4.69, 9.17) is 9.84 Å². The molecule has 1 rings (SSSR count). The number of hydrogen-bond acceptors (Lipinski definition) is 4. The molecule has 1 heterocycles. The number of carbonyl (C=O) groups is 2. The van der Waals surface area contributed by atoms with Crippen molar-refractivity contribution in [1.82, 2.24) is 10.3 Å². The van der Waals surface area contributed by atoms with Crippen molar-refractivity contribution >= 4 is 11.9 Å². The Balaban J connectivity index is 2.06. The van der Waals surface area contributed by atoms with Crippen molar-refractivity contribution < 1.29 is 19.4 Å². The topological polar surface area (TPSA) is 88.5 Å². The monoisotopic (exact) mass is 252 g/mol. The molecule has 18 heavy (non-hydrogen) atoms. The fourth-order valence-electron chi connectivity index (χ4n) is 1.32. The van der Waals surface area contributed by atoms with E-state index >= 15 is 0 Å². The molecular weight excluding hydrogens is 236 g/mol. The van der Waals surface area contributed by atoms with E-state index in [1.165, 1.54) is 0 Å². The second kappa shape index (κ2) is 8.19. The molecule has 0 aliphatic rings. The van der Waals surface area contributed by atoms with Crippen LogP contribution in [-0.2, 0) is 20.7 Å². The third-order valence-electron chi connectivity index (χ3n) is 2.18. The van der Waals surface area contributed by atoms with Crippen LogP contribution in [0.25, 0.3) is 0 Å². The minimum Gasteiger partial charge on any atom is -0.480 e. The number of carbonyl (C=O) groups excluding carboxylic acids is 1. The first kappa shape index (κ1) is 14.1. The first-order valence-electron chi connectivity index (χ1n) is 5.63. The quantitative estimate of drug-likeness (QED) is 0.647. The van der Waals surface area contributed by atoms with Crippen LogP contribution in [0.5, 0.6) is 0 Å². The molecule has 0 aliphatic carbocycles. The van der Waals surface area contributed by atoms with Crippen LogP contribution in [0, 0.1) is 0 Å². The lowest BCUT2D eigenvalue weighted by molar-refractivity contribution is -0.142. The summed E-state index contributed by atoms with van der Waals surface area (Å²) in [5, 5.41) is 11.0. The summed E-state index contributed by atoms with van der Waals surface area (Å²) in [6, 6.07) is 3.73. The van der Waals surface area contributed by atoms with Crippen LogP contribution in [0.15, 0.2) is 24.5 Å². The van der Waals surface area contributed by atoms with Gasteiger partial charge in [-0.2, -0.15) is 0 Å². The largest absolute Gasteiger partial charge is 0.480 e. The maximum atomic E-state index is 11.4. The van der Waals surface area contributed by atoms with E-state index < -0.39 is 5.97 Å². The number of carboxylic acid groups (broad SMARTS) is 1. The summed E-state index contributed by atoms with van der Waals surface area (Å²) in [4.78, 5) is 25.4. The van der Waals surface area contributed by atoms with Crippen molar-refractivity contribution in [2.45, 2.75) is 12.8 Å². The summed E-state index contributed by atoms with van der Waals surface area (Å²) in [6.45, 7) is 0.183. The average molecular weight is 252 g/mol. The van der Waals surface area contributed by atoms with Crippen molar-refractivity contribution in [1.29, 1.82) is 0 Å². The molecule has 0 unspecified atom stereocenters. The molecule has 6 nitrogen and oxygen atoms in total. The minimum absolute atomic E-state index is 0.0780. The van der Waals surface area contributed by atoms with Crippen LogP contribution in [0.2, 0.25) is 0 Å². The molecule has 1 aromatic heterocycles. The summed E-state index contributed by atoms with van der Waals surface area (Å²) in [5.41, 5.74) is 1.06. The number of ether oxygens (including phenoxy) is 1. The Labute approximate surface area is 105 Å². The second-order valence-electron chi connectivity index (χ2n) is 3.65. The predicted molar refractivity (Wildman–Crippen MR) is 64.0 cm³/mol. The van der Waals surface area contributed by atoms with Gasteiger partial charge in [0.05, 0.1) is 6.61 Å². The Morgan fingerprint density at radius 2 is 2.06 bits per heavy atom. The summed E-state index contributed by atoms with van der Waals surface area (Å²) in [6.07, 6.45) is 4.42. The van der Waals surface area contributed by atoms with Gasteiger partial charge in [0.25, 0.3) is 0 Å². The van der Waals surface area contributed by atoms with Crippen LogP contribution in [0.1, 0.15) is 12.0 Å². The van der Waals surface area contributed by atoms with Crippen molar-refractivity contribution in [3.8, 4) is 0 Å². The average Bonchev–Trinajstić information content (AvgIpc) is 2.37. The number of nitrogens with one attached hydrogen (secondary N) is 1. The molecular formula is C12H16N2O4. The van der Waals surface area contributed by atoms with Crippen LogP contribution in [-0.4, -0.2) is 41.7 Å². The Bertz CT molecular complexity index is 381. The highest BCUT2D eigenvalue weighted by atomic mass is 16.5. The molecule has 2 N–H and O–H groups in total. The molecule has 0 saturated carbocycles. The number of rotatable bonds is 8. The highest BCUT2D eigenvalue weighted by Crippen LogP contribution is 2.00. The zero-order valence-electron chi connectivity index (χ0n) is 9.96. The molecule has 6 heteroatoms. The third-order valence-corrected chi connectivity index (χ3v) is 2.18. The highest BCUT2D eigenvalue weighted by Gasteiger charge is 2.02. The molecule has 0 radical (unpaired) electrons. The van der Waals surface area contributed by atoms with Gasteiger partial charge < -0.3 is 15.2 Å². The van der Waals surface area contributed by atoms with Crippen molar-refractivity contribution in [3.63, 3.8) is 0 Å². The van der Waals surface area contributed by atoms with Gasteiger partial charge in [-0.1, -0.05) is 0 Å². The zero-order chi connectivity index (χ0) is 13.2. The Morgan fingerprint density at radius 1 is 1.33 bits per heavy atom. The fourth-order valence-corrected chi connectivity index (χ4v) is 1.32. The van der Waals surface area contributed by atoms with Gasteiger partial charge in [-0.3, -0.25) is 9.78 Å². The Kier molecular flexibility index (Phi) is 6.42. The number of hydrogen-bond donors (Lipinski definition) is 2. The Morgan fingerprint density at radius 3 is 2.72 bits per heavy atom. The van der Waals surface area contributed by atoms with Gasteiger partial charge in [-0.25, -0.2) is 4.79 Å². The van der Waals surface area contributed by atoms with Crippen LogP contribution < -0.4 is 5.32 Å². The van der Waals surface area contributed by atoms with Gasteiger partial charge in [0, 0.05) is 25.4 Å². The third kappa shape index (κ3) is 6.59. The maximum absolute atomic E-state index is 11.4. The van der Waals surface area contributed by atoms with Gasteiger partial charge in [-0.05, 0) is 24.1 Å². The lowest BCUT2D eigenvalue weighted by Gasteiger charge is -2.05. The molecule has 1 amide bonds. The summed E-state index contributed by atoms with van der Waals surface area (Å²) in [7, 11) is 0. The fraction of sp³-hybridized carbons (Fsp3) is 0.417. The van der Waals surface area contributed by atoms with E-state index in [1.807, 2.05) is 12.1 Å². The van der Waals surface area contributed by atoms with E-state index in [0.717, 1.165) is 5.56 Å². The number of aliphatic carboxylic acids is 1. The van der Waals surface area contributed by atoms with Gasteiger partial charge in [0.15, 0.2) is 0 Å². The van der Waals surface area contributed by atoms with Crippen LogP contribution in [0.4, 0.5) is 0 Å². The van der Waals surface area contributed by atoms with Gasteiger partial charge in [-0.15, -0.1) is 0 Å². The minimum atomic E-state index is -1.01. The molecule has 0 saturated heterocycles. The second-order valence-corrected chi connectivity index (χ2v) is 3.65. The van der Waals surface area contributed by atoms with Crippen molar-refractivity contribution in [2.24, 2.45) is 0 Å². The highest BCUT2D eigenvalue weighted by molar-refractivity contribution is 5.76. The molecule has 0 atom stereocenters. The van der Waals surface area contributed by atoms with Crippen molar-refractivity contribution in [3.05, 3.63) is 30.1 Å². The number of amides is 1. The number of carboxylic acids is 1. The van der Waals surface area contributed by atoms with E-state index in [2.05, 4.69) is 10.3 Å². The SMILES string of the molecule is O=C(O)COCCNC(=O)CCc1ccncc1. The zero-order valence-corrected chi connectivity index (χ0v) is 9.96. The molecule has 0 aliphatic heterocycles. The van der Waals surface area contributed by atoms with E-state index in [-0.39, 0.29) is 19.1 Å². The molecule has 1 aromatic rings. The molecule has 98 valence electrons. The lowest BCUT2D eigenvalue weighted by atomic mass is 10.1. The number of aromatic nitrogens is 1. The van der Waals surface area contributed by atoms with Gasteiger partial charge in [0.2, 0.25) is 5.91 Å². The van der Waals surface area contributed by atoms with Gasteiger partial charge >= 0.3 is 5.97 Å². The van der Waals surface area contributed by atoms with Crippen LogP contribution in [0.3, 0.4) is 0 Å².